The number of quaternary nitrogens is 1. The molecule has 10 rings (SSSR count). The van der Waals surface area contributed by atoms with Gasteiger partial charge in [-0.05, 0) is 138 Å². The molecule has 2 saturated carbocycles. The Balaban J connectivity index is 0.762. The first-order valence-electron chi connectivity index (χ1n) is 24.7. The second-order valence-corrected chi connectivity index (χ2v) is 22.9. The van der Waals surface area contributed by atoms with Crippen molar-refractivity contribution in [2.45, 2.75) is 177 Å². The topological polar surface area (TPSA) is 117 Å². The van der Waals surface area contributed by atoms with Gasteiger partial charge in [0.2, 0.25) is 5.91 Å². The van der Waals surface area contributed by atoms with Crippen LogP contribution in [0.25, 0.3) is 0 Å². The maximum absolute atomic E-state index is 14.0. The predicted molar refractivity (Wildman–Crippen MR) is 252 cm³/mol. The first kappa shape index (κ1) is 44.1. The van der Waals surface area contributed by atoms with Crippen LogP contribution in [0.4, 0.5) is 0 Å². The van der Waals surface area contributed by atoms with Crippen LogP contribution in [0.15, 0.2) is 47.5 Å². The fourth-order valence-corrected chi connectivity index (χ4v) is 15.6. The summed E-state index contributed by atoms with van der Waals surface area (Å²) in [6.45, 7) is 14.0. The van der Waals surface area contributed by atoms with Gasteiger partial charge in [0.15, 0.2) is 6.17 Å². The van der Waals surface area contributed by atoms with Gasteiger partial charge in [0.1, 0.15) is 17.9 Å². The highest BCUT2D eigenvalue weighted by molar-refractivity contribution is 8.00. The summed E-state index contributed by atoms with van der Waals surface area (Å²) in [7, 11) is 0. The average molecular weight is 898 g/mol. The summed E-state index contributed by atoms with van der Waals surface area (Å²) in [5, 5.41) is 14.1. The summed E-state index contributed by atoms with van der Waals surface area (Å²) in [5.74, 6) is 2.47. The van der Waals surface area contributed by atoms with Gasteiger partial charge in [-0.1, -0.05) is 49.7 Å². The minimum atomic E-state index is -0.157. The van der Waals surface area contributed by atoms with Crippen LogP contribution in [0.3, 0.4) is 0 Å². The number of halogens is 1. The fraction of sp³-hybridized carbons (Fsp3) is 0.700. The molecule has 6 aliphatic heterocycles. The highest BCUT2D eigenvalue weighted by Gasteiger charge is 2.55. The molecule has 6 heterocycles. The van der Waals surface area contributed by atoms with E-state index < -0.39 is 0 Å². The number of rotatable bonds is 7. The third-order valence-corrected chi connectivity index (χ3v) is 19.1. The van der Waals surface area contributed by atoms with Crippen LogP contribution in [0, 0.1) is 28.6 Å². The standard InChI is InChI=1S/C50H70ClN9O2S/c1-31-33(3)63-49-45(31)46(53-32(2)47-56-55-34(4)59(47)49)36-11-9-35(10-12-36)37-21-22-50(28-37)23-24-58(30-50)44-20-19-43(57-60(44)25-7-5-6-8-26-60)48(61)54-39-14-17-40(18-15-39)62-41-16-13-38(29-52)42(51)27-41/h9-13,16,27,31-34,37,39-40,43-45,47,49,55-57H,5-8,14-15,17-26,28,30H2,1-4H3/p+1/t31?,32-,33?,34?,37?,39?,40?,43?,44?,45?,47?,49?,50?/m0/s1. The van der Waals surface area contributed by atoms with Gasteiger partial charge in [-0.3, -0.25) is 19.6 Å². The monoisotopic (exact) mass is 897 g/mol. The first-order chi connectivity index (χ1) is 30.5. The Kier molecular flexibility index (Phi) is 12.7. The smallest absolute Gasteiger partial charge is 0.242 e. The Hall–Kier alpha value is -2.73. The molecule has 340 valence electrons. The van der Waals surface area contributed by atoms with Crippen LogP contribution in [0.2, 0.25) is 5.02 Å². The largest absolute Gasteiger partial charge is 0.490 e. The molecule has 2 aromatic rings. The molecule has 0 aromatic heterocycles. The summed E-state index contributed by atoms with van der Waals surface area (Å²) in [6, 6.07) is 17.3. The lowest BCUT2D eigenvalue weighted by Crippen LogP contribution is -2.75. The molecule has 2 aliphatic carbocycles. The fourth-order valence-electron chi connectivity index (χ4n) is 13.5. The summed E-state index contributed by atoms with van der Waals surface area (Å²) in [4.78, 5) is 25.1. The van der Waals surface area contributed by atoms with E-state index in [1.165, 1.54) is 81.3 Å². The molecule has 7 fully saturated rings. The number of nitriles is 1. The van der Waals surface area contributed by atoms with E-state index >= 15 is 0 Å². The molecule has 11 nitrogen and oxygen atoms in total. The van der Waals surface area contributed by atoms with E-state index in [-0.39, 0.29) is 42.5 Å². The number of ether oxygens (including phenoxy) is 1. The van der Waals surface area contributed by atoms with Crippen LogP contribution in [-0.4, -0.2) is 106 Å². The first-order valence-corrected chi connectivity index (χ1v) is 26.0. The summed E-state index contributed by atoms with van der Waals surface area (Å²) in [6.07, 6.45) is 16.7. The minimum Gasteiger partial charge on any atom is -0.490 e. The minimum absolute atomic E-state index is 0.0857. The predicted octanol–water partition coefficient (Wildman–Crippen LogP) is 8.05. The number of fused-ring (bicyclic) bond motifs is 3. The lowest BCUT2D eigenvalue weighted by Gasteiger charge is -2.52. The highest BCUT2D eigenvalue weighted by atomic mass is 35.5. The molecular weight excluding hydrogens is 826 g/mol. The van der Waals surface area contributed by atoms with Crippen molar-refractivity contribution in [2.24, 2.45) is 22.2 Å². The van der Waals surface area contributed by atoms with Crippen LogP contribution >= 0.6 is 23.4 Å². The van der Waals surface area contributed by atoms with Crippen molar-refractivity contribution in [3.05, 3.63) is 64.2 Å². The zero-order valence-electron chi connectivity index (χ0n) is 38.0. The van der Waals surface area contributed by atoms with Gasteiger partial charge in [0.05, 0.1) is 53.5 Å². The average Bonchev–Trinajstić information content (AvgIpc) is 4.02. The number of likely N-dealkylation sites (tertiary alicyclic amines) is 1. The zero-order valence-corrected chi connectivity index (χ0v) is 39.6. The van der Waals surface area contributed by atoms with Crippen molar-refractivity contribution < 1.29 is 14.1 Å². The molecule has 0 bridgehead atoms. The van der Waals surface area contributed by atoms with E-state index in [4.69, 9.17) is 21.3 Å². The van der Waals surface area contributed by atoms with E-state index in [1.807, 2.05) is 6.07 Å². The Morgan fingerprint density at radius 1 is 0.968 bits per heavy atom. The van der Waals surface area contributed by atoms with Gasteiger partial charge >= 0.3 is 0 Å². The number of thioether (sulfide) groups is 1. The second-order valence-electron chi connectivity index (χ2n) is 21.0. The third kappa shape index (κ3) is 8.61. The molecule has 8 aliphatic rings. The maximum Gasteiger partial charge on any atom is 0.242 e. The number of carbonyl (C=O) groups is 1. The van der Waals surface area contributed by atoms with Gasteiger partial charge in [-0.2, -0.15) is 10.7 Å². The molecule has 2 spiro atoms. The molecule has 0 radical (unpaired) electrons. The summed E-state index contributed by atoms with van der Waals surface area (Å²) >= 11 is 8.40. The Morgan fingerprint density at radius 3 is 2.49 bits per heavy atom. The van der Waals surface area contributed by atoms with Crippen molar-refractivity contribution in [3.63, 3.8) is 0 Å². The zero-order chi connectivity index (χ0) is 43.5. The Bertz CT molecular complexity index is 2050. The van der Waals surface area contributed by atoms with Crippen LogP contribution in [0.1, 0.15) is 140 Å². The van der Waals surface area contributed by atoms with Crippen molar-refractivity contribution >= 4 is 35.0 Å². The maximum atomic E-state index is 14.0. The molecule has 11 atom stereocenters. The molecule has 4 N–H and O–H groups in total. The van der Waals surface area contributed by atoms with E-state index in [0.717, 1.165) is 56.2 Å². The number of hydrogen-bond donors (Lipinski definition) is 4. The third-order valence-electron chi connectivity index (χ3n) is 17.1. The normalized spacial score (nSPS) is 39.3. The van der Waals surface area contributed by atoms with Crippen LogP contribution in [-0.2, 0) is 4.79 Å². The lowest BCUT2D eigenvalue weighted by molar-refractivity contribution is -1.01. The number of amides is 1. The Morgan fingerprint density at radius 2 is 1.75 bits per heavy atom. The van der Waals surface area contributed by atoms with E-state index in [2.05, 4.69) is 101 Å². The van der Waals surface area contributed by atoms with Gasteiger partial charge < -0.3 is 10.1 Å². The summed E-state index contributed by atoms with van der Waals surface area (Å²) < 4.78 is 7.13. The van der Waals surface area contributed by atoms with Gasteiger partial charge in [0, 0.05) is 48.5 Å². The van der Waals surface area contributed by atoms with Crippen molar-refractivity contribution in [2.75, 3.05) is 26.2 Å². The SMILES string of the molecule is CC1SC2C(C(c3ccc(C4CCC5(CCN(C6CCC(C(=O)NC7CCC(Oc8ccc(C#N)c(Cl)c8)CC7)N[N+]67CCCCCC7)C5)C4)cc3)=N[C@@H](C)C3NNC(C)N23)C1C. The van der Waals surface area contributed by atoms with Crippen LogP contribution < -0.4 is 26.3 Å². The molecule has 63 heavy (non-hydrogen) atoms. The quantitative estimate of drug-likeness (QED) is 0.205. The lowest BCUT2D eigenvalue weighted by atomic mass is 9.82. The van der Waals surface area contributed by atoms with E-state index in [1.54, 1.807) is 12.1 Å². The number of benzene rings is 2. The van der Waals surface area contributed by atoms with E-state index in [0.29, 0.717) is 56.3 Å². The number of carbonyl (C=O) groups excluding carboxylic acids is 1. The molecule has 1 amide bonds. The molecular formula is C50H71ClN9O2S+. The Labute approximate surface area is 385 Å². The van der Waals surface area contributed by atoms with E-state index in [9.17, 15) is 10.1 Å². The van der Waals surface area contributed by atoms with Gasteiger partial charge in [-0.25, -0.2) is 15.4 Å². The van der Waals surface area contributed by atoms with Crippen molar-refractivity contribution in [3.8, 4) is 11.8 Å². The number of hydrazine groups is 1. The molecule has 10 unspecified atom stereocenters. The number of nitrogens with zero attached hydrogens (tertiary/aromatic N) is 5. The highest BCUT2D eigenvalue weighted by Crippen LogP contribution is 2.53. The number of aliphatic imine (C=N–C) groups is 1. The number of hydrogen-bond acceptors (Lipinski definition) is 10. The van der Waals surface area contributed by atoms with Gasteiger partial charge in [-0.15, -0.1) is 11.8 Å². The molecule has 2 aromatic carbocycles. The summed E-state index contributed by atoms with van der Waals surface area (Å²) in [5.41, 5.74) is 16.1. The molecule has 5 saturated heterocycles. The number of nitrogens with one attached hydrogen (secondary N) is 4. The van der Waals surface area contributed by atoms with Crippen molar-refractivity contribution in [1.29, 1.82) is 5.26 Å². The molecule has 13 heteroatoms. The van der Waals surface area contributed by atoms with Crippen molar-refractivity contribution in [1.82, 2.24) is 31.4 Å². The second kappa shape index (κ2) is 18.2. The van der Waals surface area contributed by atoms with Gasteiger partial charge in [0.25, 0.3) is 0 Å². The van der Waals surface area contributed by atoms with Crippen LogP contribution in [0.5, 0.6) is 5.75 Å².